The summed E-state index contributed by atoms with van der Waals surface area (Å²) in [7, 11) is 0. The number of aromatic amines is 2. The van der Waals surface area contributed by atoms with Crippen LogP contribution >= 0.6 is 0 Å². The fraction of sp³-hybridized carbons (Fsp3) is 0.552. The molecule has 0 spiro atoms. The van der Waals surface area contributed by atoms with Crippen molar-refractivity contribution in [2.24, 2.45) is 22.4 Å². The van der Waals surface area contributed by atoms with Gasteiger partial charge in [0.15, 0.2) is 5.96 Å². The van der Waals surface area contributed by atoms with Crippen molar-refractivity contribution in [1.29, 1.82) is 0 Å². The van der Waals surface area contributed by atoms with Crippen LogP contribution in [0.4, 0.5) is 5.82 Å². The standard InChI is InChI=1S/C29H45N7O3/c1-2-3-7-22(30)8-4-6-20(17-21-11-13-27(37)34-19-21)10-12-24(35-26-9-5-15-32-26)23(18-28(38)39)25-14-16-33-29(31)36-25/h5,9,11,13,15,18-20,22,24-25,32,35H,2-4,6-8,10,12,14,16-17,30H2,1H3,(H,34,37)(H,38,39)(H3,31,33,36). The van der Waals surface area contributed by atoms with Gasteiger partial charge in [-0.2, -0.15) is 0 Å². The molecule has 0 fully saturated rings. The minimum absolute atomic E-state index is 0.112. The molecule has 0 amide bonds. The number of rotatable bonds is 17. The molecule has 1 aliphatic heterocycles. The summed E-state index contributed by atoms with van der Waals surface area (Å²) >= 11 is 0. The molecule has 0 aromatic carbocycles. The lowest BCUT2D eigenvalue weighted by Crippen LogP contribution is -2.48. The highest BCUT2D eigenvalue weighted by Gasteiger charge is 2.27. The van der Waals surface area contributed by atoms with Gasteiger partial charge in [-0.1, -0.05) is 38.7 Å². The topological polar surface area (TPSA) is 174 Å². The van der Waals surface area contributed by atoms with E-state index in [0.29, 0.717) is 24.8 Å². The molecule has 0 saturated carbocycles. The summed E-state index contributed by atoms with van der Waals surface area (Å²) in [5, 5.41) is 16.4. The van der Waals surface area contributed by atoms with Gasteiger partial charge in [-0.25, -0.2) is 4.79 Å². The Labute approximate surface area is 230 Å². The van der Waals surface area contributed by atoms with Crippen LogP contribution in [0, 0.1) is 5.92 Å². The average molecular weight is 540 g/mol. The van der Waals surface area contributed by atoms with E-state index in [4.69, 9.17) is 11.5 Å². The summed E-state index contributed by atoms with van der Waals surface area (Å²) in [6.07, 6.45) is 14.4. The number of carbonyl (C=O) groups is 1. The van der Waals surface area contributed by atoms with Crippen molar-refractivity contribution < 1.29 is 9.90 Å². The fourth-order valence-electron chi connectivity index (χ4n) is 5.31. The summed E-state index contributed by atoms with van der Waals surface area (Å²) in [4.78, 5) is 33.7. The highest BCUT2D eigenvalue weighted by molar-refractivity contribution is 5.83. The number of aliphatic imine (C=N–C) groups is 1. The van der Waals surface area contributed by atoms with Crippen molar-refractivity contribution in [3.63, 3.8) is 0 Å². The Morgan fingerprint density at radius 3 is 2.67 bits per heavy atom. The molecule has 10 heteroatoms. The number of hydrogen-bond acceptors (Lipinski definition) is 7. The lowest BCUT2D eigenvalue weighted by atomic mass is 9.85. The third-order valence-corrected chi connectivity index (χ3v) is 7.40. The number of hydrogen-bond donors (Lipinski definition) is 7. The van der Waals surface area contributed by atoms with E-state index < -0.39 is 5.97 Å². The Morgan fingerprint density at radius 2 is 2.00 bits per heavy atom. The summed E-state index contributed by atoms with van der Waals surface area (Å²) in [6, 6.07) is 7.06. The quantitative estimate of drug-likeness (QED) is 0.151. The van der Waals surface area contributed by atoms with E-state index in [1.54, 1.807) is 12.3 Å². The minimum atomic E-state index is -0.989. The maximum absolute atomic E-state index is 11.9. The van der Waals surface area contributed by atoms with Gasteiger partial charge in [-0.15, -0.1) is 0 Å². The molecular formula is C29H45N7O3. The second-order valence-electron chi connectivity index (χ2n) is 10.6. The summed E-state index contributed by atoms with van der Waals surface area (Å²) < 4.78 is 0. The number of nitrogens with two attached hydrogens (primary N) is 2. The number of pyridine rings is 1. The number of carboxylic acid groups (broad SMARTS) is 1. The van der Waals surface area contributed by atoms with Gasteiger partial charge in [0, 0.05) is 37.1 Å². The molecule has 39 heavy (non-hydrogen) atoms. The SMILES string of the molecule is CCCCC(N)CCCC(CCC(Nc1ccc[nH]1)C(=CC(=O)O)C1CCN=C(N)N1)Cc1ccc(=O)[nH]c1. The van der Waals surface area contributed by atoms with Crippen LogP contribution < -0.4 is 27.7 Å². The number of nitrogens with zero attached hydrogens (tertiary/aromatic N) is 1. The average Bonchev–Trinajstić information content (AvgIpc) is 3.42. The number of anilines is 1. The highest BCUT2D eigenvalue weighted by Crippen LogP contribution is 2.27. The lowest BCUT2D eigenvalue weighted by Gasteiger charge is -2.32. The van der Waals surface area contributed by atoms with Gasteiger partial charge in [0.05, 0.1) is 12.1 Å². The maximum Gasteiger partial charge on any atom is 0.328 e. The molecule has 4 unspecified atom stereocenters. The molecule has 0 radical (unpaired) electrons. The Kier molecular flexibility index (Phi) is 12.1. The minimum Gasteiger partial charge on any atom is -0.478 e. The van der Waals surface area contributed by atoms with Crippen LogP contribution in [0.1, 0.15) is 70.3 Å². The molecule has 3 heterocycles. The predicted octanol–water partition coefficient (Wildman–Crippen LogP) is 3.50. The van der Waals surface area contributed by atoms with Crippen LogP contribution in [0.25, 0.3) is 0 Å². The molecule has 0 saturated heterocycles. The monoisotopic (exact) mass is 539 g/mol. The molecular weight excluding hydrogens is 494 g/mol. The molecule has 10 nitrogen and oxygen atoms in total. The second kappa shape index (κ2) is 15.8. The lowest BCUT2D eigenvalue weighted by molar-refractivity contribution is -0.131. The van der Waals surface area contributed by atoms with E-state index in [-0.39, 0.29) is 23.7 Å². The van der Waals surface area contributed by atoms with Crippen molar-refractivity contribution in [1.82, 2.24) is 15.3 Å². The van der Waals surface area contributed by atoms with Crippen molar-refractivity contribution in [3.8, 4) is 0 Å². The van der Waals surface area contributed by atoms with E-state index in [1.165, 1.54) is 6.08 Å². The van der Waals surface area contributed by atoms with E-state index >= 15 is 0 Å². The van der Waals surface area contributed by atoms with Crippen LogP contribution in [-0.2, 0) is 11.2 Å². The van der Waals surface area contributed by atoms with Gasteiger partial charge in [0.2, 0.25) is 5.56 Å². The maximum atomic E-state index is 11.9. The van der Waals surface area contributed by atoms with Crippen LogP contribution in [0.3, 0.4) is 0 Å². The van der Waals surface area contributed by atoms with Crippen molar-refractivity contribution in [2.45, 2.75) is 89.3 Å². The predicted molar refractivity (Wildman–Crippen MR) is 157 cm³/mol. The van der Waals surface area contributed by atoms with Crippen LogP contribution in [0.5, 0.6) is 0 Å². The number of nitrogens with one attached hydrogen (secondary N) is 4. The van der Waals surface area contributed by atoms with Gasteiger partial charge >= 0.3 is 5.97 Å². The zero-order valence-electron chi connectivity index (χ0n) is 23.0. The number of guanidine groups is 1. The van der Waals surface area contributed by atoms with E-state index in [0.717, 1.165) is 74.7 Å². The first kappa shape index (κ1) is 30.0. The smallest absolute Gasteiger partial charge is 0.328 e. The highest BCUT2D eigenvalue weighted by atomic mass is 16.4. The molecule has 0 aliphatic carbocycles. The van der Waals surface area contributed by atoms with E-state index in [1.807, 2.05) is 24.4 Å². The number of aliphatic carboxylic acids is 1. The first-order valence-corrected chi connectivity index (χ1v) is 14.2. The van der Waals surface area contributed by atoms with Crippen molar-refractivity contribution >= 4 is 17.7 Å². The van der Waals surface area contributed by atoms with E-state index in [2.05, 4.69) is 32.5 Å². The summed E-state index contributed by atoms with van der Waals surface area (Å²) in [5.74, 6) is 0.514. The van der Waals surface area contributed by atoms with E-state index in [9.17, 15) is 14.7 Å². The van der Waals surface area contributed by atoms with Crippen molar-refractivity contribution in [3.05, 3.63) is 64.2 Å². The summed E-state index contributed by atoms with van der Waals surface area (Å²) in [5.41, 5.74) is 14.0. The number of aromatic nitrogens is 2. The van der Waals surface area contributed by atoms with Gasteiger partial charge in [-0.3, -0.25) is 9.79 Å². The Bertz CT molecular complexity index is 1110. The number of carboxylic acids is 1. The largest absolute Gasteiger partial charge is 0.478 e. The number of unbranched alkanes of at least 4 members (excludes halogenated alkanes) is 1. The van der Waals surface area contributed by atoms with Crippen molar-refractivity contribution in [2.75, 3.05) is 11.9 Å². The zero-order chi connectivity index (χ0) is 28.0. The molecule has 3 rings (SSSR count). The van der Waals surface area contributed by atoms with Gasteiger partial charge in [-0.05, 0) is 67.7 Å². The molecule has 2 aromatic heterocycles. The Morgan fingerprint density at radius 1 is 1.18 bits per heavy atom. The Hall–Kier alpha value is -3.53. The first-order valence-electron chi connectivity index (χ1n) is 14.2. The number of H-pyrrole nitrogens is 2. The molecule has 4 atom stereocenters. The molecule has 1 aliphatic rings. The zero-order valence-corrected chi connectivity index (χ0v) is 23.0. The van der Waals surface area contributed by atoms with Crippen LogP contribution in [-0.4, -0.2) is 51.7 Å². The normalized spacial score (nSPS) is 18.1. The molecule has 0 bridgehead atoms. The van der Waals surface area contributed by atoms with Gasteiger partial charge in [0.25, 0.3) is 0 Å². The van der Waals surface area contributed by atoms with Gasteiger partial charge in [0.1, 0.15) is 5.82 Å². The third kappa shape index (κ3) is 10.6. The Balaban J connectivity index is 1.77. The van der Waals surface area contributed by atoms with Crippen LogP contribution in [0.15, 0.2) is 58.1 Å². The van der Waals surface area contributed by atoms with Crippen LogP contribution in [0.2, 0.25) is 0 Å². The fourth-order valence-corrected chi connectivity index (χ4v) is 5.31. The third-order valence-electron chi connectivity index (χ3n) is 7.40. The van der Waals surface area contributed by atoms with Gasteiger partial charge < -0.3 is 37.2 Å². The summed E-state index contributed by atoms with van der Waals surface area (Å²) in [6.45, 7) is 2.73. The molecule has 214 valence electrons. The molecule has 9 N–H and O–H groups in total. The molecule has 2 aromatic rings. The second-order valence-corrected chi connectivity index (χ2v) is 10.6. The first-order chi connectivity index (χ1) is 18.8.